The van der Waals surface area contributed by atoms with E-state index in [1.54, 1.807) is 0 Å². The molecule has 1 N–H and O–H groups in total. The molecule has 1 aromatic carbocycles. The molecule has 4 nitrogen and oxygen atoms in total. The normalized spacial score (nSPS) is 17.7. The molecule has 1 heterocycles. The van der Waals surface area contributed by atoms with Crippen molar-refractivity contribution in [3.63, 3.8) is 0 Å². The molecule has 0 radical (unpaired) electrons. The van der Waals surface area contributed by atoms with Crippen LogP contribution in [0.2, 0.25) is 0 Å². The van der Waals surface area contributed by atoms with Crippen molar-refractivity contribution in [2.24, 2.45) is 0 Å². The highest BCUT2D eigenvalue weighted by Crippen LogP contribution is 2.23. The lowest BCUT2D eigenvalue weighted by Gasteiger charge is -2.34. The monoisotopic (exact) mass is 379 g/mol. The number of hydrogen-bond donors (Lipinski definition) is 1. The number of rotatable bonds is 7. The van der Waals surface area contributed by atoms with E-state index in [2.05, 4.69) is 57.0 Å². The van der Waals surface area contributed by atoms with Crippen molar-refractivity contribution < 1.29 is 4.74 Å². The Bertz CT molecular complexity index is 536. The highest BCUT2D eigenvalue weighted by molar-refractivity contribution is 9.10. The second-order valence-corrected chi connectivity index (χ2v) is 7.05. The second-order valence-electron chi connectivity index (χ2n) is 6.13. The zero-order valence-electron chi connectivity index (χ0n) is 14.0. The summed E-state index contributed by atoms with van der Waals surface area (Å²) in [6, 6.07) is 6.45. The quantitative estimate of drug-likeness (QED) is 0.734. The van der Waals surface area contributed by atoms with Gasteiger partial charge in [-0.05, 0) is 32.2 Å². The van der Waals surface area contributed by atoms with E-state index in [0.29, 0.717) is 12.6 Å². The summed E-state index contributed by atoms with van der Waals surface area (Å²) in [4.78, 5) is 4.90. The number of ether oxygens (including phenoxy) is 1. The topological polar surface area (TPSA) is 27.7 Å². The van der Waals surface area contributed by atoms with Gasteiger partial charge in [0.1, 0.15) is 12.4 Å². The first-order chi connectivity index (χ1) is 11.1. The fraction of sp³-hybridized carbons (Fsp3) is 0.556. The molecule has 0 aromatic heterocycles. The summed E-state index contributed by atoms with van der Waals surface area (Å²) in [5, 5.41) is 3.59. The Hall–Kier alpha value is -1.06. The van der Waals surface area contributed by atoms with E-state index in [1.165, 1.54) is 0 Å². The summed E-state index contributed by atoms with van der Waals surface area (Å²) in [5.41, 5.74) is 1.12. The molecule has 1 saturated heterocycles. The van der Waals surface area contributed by atoms with Gasteiger partial charge in [-0.15, -0.1) is 6.42 Å². The smallest absolute Gasteiger partial charge is 0.148 e. The number of likely N-dealkylation sites (N-methyl/N-ethyl adjacent to an activating group) is 1. The number of piperazine rings is 1. The Morgan fingerprint density at radius 1 is 1.35 bits per heavy atom. The molecule has 0 aliphatic carbocycles. The maximum atomic E-state index is 5.62. The number of halogens is 1. The second kappa shape index (κ2) is 9.29. The van der Waals surface area contributed by atoms with Crippen molar-refractivity contribution in [2.45, 2.75) is 19.5 Å². The van der Waals surface area contributed by atoms with Crippen LogP contribution in [0.5, 0.6) is 5.75 Å². The third-order valence-corrected chi connectivity index (χ3v) is 4.60. The molecule has 1 atom stereocenters. The van der Waals surface area contributed by atoms with Gasteiger partial charge in [-0.2, -0.15) is 0 Å². The molecule has 0 amide bonds. The van der Waals surface area contributed by atoms with Crippen molar-refractivity contribution in [1.29, 1.82) is 0 Å². The van der Waals surface area contributed by atoms with Gasteiger partial charge in [0.25, 0.3) is 0 Å². The maximum Gasteiger partial charge on any atom is 0.148 e. The number of terminal acetylenes is 1. The minimum absolute atomic E-state index is 0.297. The molecule has 0 bridgehead atoms. The van der Waals surface area contributed by atoms with Crippen molar-refractivity contribution >= 4 is 15.9 Å². The molecule has 5 heteroatoms. The Morgan fingerprint density at radius 3 is 2.78 bits per heavy atom. The predicted molar refractivity (Wildman–Crippen MR) is 98.7 cm³/mol. The zero-order chi connectivity index (χ0) is 16.7. The lowest BCUT2D eigenvalue weighted by atomic mass is 10.2. The van der Waals surface area contributed by atoms with Gasteiger partial charge in [0.15, 0.2) is 0 Å². The van der Waals surface area contributed by atoms with Gasteiger partial charge in [0.05, 0.1) is 0 Å². The van der Waals surface area contributed by atoms with Crippen molar-refractivity contribution in [1.82, 2.24) is 15.1 Å². The van der Waals surface area contributed by atoms with Crippen molar-refractivity contribution in [2.75, 3.05) is 46.4 Å². The first-order valence-electron chi connectivity index (χ1n) is 8.07. The molecule has 1 aliphatic heterocycles. The summed E-state index contributed by atoms with van der Waals surface area (Å²) >= 11 is 3.52. The molecule has 23 heavy (non-hydrogen) atoms. The van der Waals surface area contributed by atoms with Crippen molar-refractivity contribution in [3.05, 3.63) is 28.2 Å². The third-order valence-electron chi connectivity index (χ3n) is 4.10. The van der Waals surface area contributed by atoms with Gasteiger partial charge in [0.2, 0.25) is 0 Å². The fourth-order valence-corrected chi connectivity index (χ4v) is 3.12. The van der Waals surface area contributed by atoms with E-state index in [9.17, 15) is 0 Å². The van der Waals surface area contributed by atoms with Crippen LogP contribution in [0.4, 0.5) is 0 Å². The summed E-state index contributed by atoms with van der Waals surface area (Å²) < 4.78 is 6.67. The van der Waals surface area contributed by atoms with E-state index >= 15 is 0 Å². The Labute approximate surface area is 148 Å². The van der Waals surface area contributed by atoms with Gasteiger partial charge in [0, 0.05) is 55.3 Å². The standard InChI is InChI=1S/C18H26BrN3O/c1-4-11-23-18-6-5-17(19)12-16(18)13-20-15(2)14-22-9-7-21(3)8-10-22/h1,5-6,12,15,20H,7-11,13-14H2,2-3H3. The summed E-state index contributed by atoms with van der Waals surface area (Å²) in [6.45, 7) is 8.98. The number of hydrogen-bond acceptors (Lipinski definition) is 4. The lowest BCUT2D eigenvalue weighted by Crippen LogP contribution is -2.48. The van der Waals surface area contributed by atoms with Crippen molar-refractivity contribution in [3.8, 4) is 18.1 Å². The van der Waals surface area contributed by atoms with Crippen LogP contribution < -0.4 is 10.1 Å². The average Bonchev–Trinajstić information content (AvgIpc) is 2.54. The van der Waals surface area contributed by atoms with E-state index in [1.807, 2.05) is 12.1 Å². The van der Waals surface area contributed by atoms with Crippen LogP contribution >= 0.6 is 15.9 Å². The Balaban J connectivity index is 1.84. The van der Waals surface area contributed by atoms with E-state index < -0.39 is 0 Å². The molecule has 1 fully saturated rings. The molecule has 0 saturated carbocycles. The van der Waals surface area contributed by atoms with Gasteiger partial charge in [-0.25, -0.2) is 0 Å². The number of benzene rings is 1. The highest BCUT2D eigenvalue weighted by atomic mass is 79.9. The van der Waals surface area contributed by atoms with Crippen LogP contribution in [0.25, 0.3) is 0 Å². The Kier molecular flexibility index (Phi) is 7.38. The van der Waals surface area contributed by atoms with Gasteiger partial charge >= 0.3 is 0 Å². The highest BCUT2D eigenvalue weighted by Gasteiger charge is 2.16. The lowest BCUT2D eigenvalue weighted by molar-refractivity contribution is 0.144. The number of nitrogens with zero attached hydrogens (tertiary/aromatic N) is 2. The molecular weight excluding hydrogens is 354 g/mol. The van der Waals surface area contributed by atoms with Gasteiger partial charge in [-0.1, -0.05) is 21.9 Å². The third kappa shape index (κ3) is 6.15. The molecule has 0 spiro atoms. The largest absolute Gasteiger partial charge is 0.481 e. The van der Waals surface area contributed by atoms with E-state index in [0.717, 1.165) is 55.1 Å². The molecule has 1 unspecified atom stereocenters. The first-order valence-corrected chi connectivity index (χ1v) is 8.86. The summed E-state index contributed by atoms with van der Waals surface area (Å²) in [5.74, 6) is 3.37. The Morgan fingerprint density at radius 2 is 2.09 bits per heavy atom. The van der Waals surface area contributed by atoms with Gasteiger partial charge < -0.3 is 15.0 Å². The first kappa shape index (κ1) is 18.3. The van der Waals surface area contributed by atoms with E-state index in [4.69, 9.17) is 11.2 Å². The SMILES string of the molecule is C#CCOc1ccc(Br)cc1CNC(C)CN1CCN(C)CC1. The summed E-state index contributed by atoms with van der Waals surface area (Å²) in [6.07, 6.45) is 5.28. The predicted octanol–water partition coefficient (Wildman–Crippen LogP) is 2.19. The minimum atomic E-state index is 0.297. The van der Waals surface area contributed by atoms with Crippen LogP contribution in [-0.2, 0) is 6.54 Å². The van der Waals surface area contributed by atoms with Crippen LogP contribution in [0.15, 0.2) is 22.7 Å². The molecule has 1 aromatic rings. The minimum Gasteiger partial charge on any atom is -0.481 e. The average molecular weight is 380 g/mol. The van der Waals surface area contributed by atoms with Crippen LogP contribution in [0, 0.1) is 12.3 Å². The van der Waals surface area contributed by atoms with Crippen LogP contribution in [0.1, 0.15) is 12.5 Å². The van der Waals surface area contributed by atoms with Crippen LogP contribution in [0.3, 0.4) is 0 Å². The fourth-order valence-electron chi connectivity index (χ4n) is 2.71. The van der Waals surface area contributed by atoms with E-state index in [-0.39, 0.29) is 0 Å². The summed E-state index contributed by atoms with van der Waals surface area (Å²) in [7, 11) is 2.18. The molecule has 2 rings (SSSR count). The van der Waals surface area contributed by atoms with Gasteiger partial charge in [-0.3, -0.25) is 4.90 Å². The molecular formula is C18H26BrN3O. The molecule has 126 valence electrons. The maximum absolute atomic E-state index is 5.62. The zero-order valence-corrected chi connectivity index (χ0v) is 15.6. The molecule has 1 aliphatic rings. The number of nitrogens with one attached hydrogen (secondary N) is 1. The van der Waals surface area contributed by atoms with Crippen LogP contribution in [-0.4, -0.2) is 62.2 Å².